The number of rotatable bonds is 6. The van der Waals surface area contributed by atoms with Crippen LogP contribution in [0.1, 0.15) is 36.2 Å². The molecule has 2 amide bonds. The molecule has 2 rings (SSSR count). The lowest BCUT2D eigenvalue weighted by atomic mass is 10.1. The predicted octanol–water partition coefficient (Wildman–Crippen LogP) is 2.82. The molecule has 1 N–H and O–H groups in total. The van der Waals surface area contributed by atoms with E-state index in [1.807, 2.05) is 20.0 Å². The molecule has 0 spiro atoms. The second kappa shape index (κ2) is 7.92. The second-order valence-corrected chi connectivity index (χ2v) is 6.52. The molecule has 7 heteroatoms. The lowest BCUT2D eigenvalue weighted by molar-refractivity contribution is -0.116. The van der Waals surface area contributed by atoms with Crippen molar-refractivity contribution in [2.75, 3.05) is 12.4 Å². The number of carbonyl (C=O) groups excluding carboxylic acids is 2. The van der Waals surface area contributed by atoms with Gasteiger partial charge in [-0.2, -0.15) is 5.10 Å². The maximum Gasteiger partial charge on any atom is 0.254 e. The maximum atomic E-state index is 14.2. The molecule has 0 unspecified atom stereocenters. The SMILES string of the molecule is CC(C)CC(=O)Nc1ccc(C(=O)N(C)Cc2cnn(C)c2)cc1F. The first-order valence-electron chi connectivity index (χ1n) is 8.08. The van der Waals surface area contributed by atoms with Crippen LogP contribution in [0.25, 0.3) is 0 Å². The van der Waals surface area contributed by atoms with Gasteiger partial charge in [0.1, 0.15) is 5.82 Å². The van der Waals surface area contributed by atoms with Gasteiger partial charge >= 0.3 is 0 Å². The highest BCUT2D eigenvalue weighted by molar-refractivity contribution is 5.95. The van der Waals surface area contributed by atoms with E-state index in [1.54, 1.807) is 25.0 Å². The summed E-state index contributed by atoms with van der Waals surface area (Å²) >= 11 is 0. The van der Waals surface area contributed by atoms with Crippen LogP contribution in [0.3, 0.4) is 0 Å². The van der Waals surface area contributed by atoms with Crippen LogP contribution in [0, 0.1) is 11.7 Å². The summed E-state index contributed by atoms with van der Waals surface area (Å²) in [6.07, 6.45) is 3.81. The lowest BCUT2D eigenvalue weighted by Crippen LogP contribution is -2.26. The van der Waals surface area contributed by atoms with Crippen molar-refractivity contribution in [1.29, 1.82) is 0 Å². The van der Waals surface area contributed by atoms with Crippen molar-refractivity contribution in [2.45, 2.75) is 26.8 Å². The van der Waals surface area contributed by atoms with Crippen molar-refractivity contribution in [3.63, 3.8) is 0 Å². The average molecular weight is 346 g/mol. The van der Waals surface area contributed by atoms with Gasteiger partial charge in [-0.05, 0) is 24.1 Å². The fourth-order valence-corrected chi connectivity index (χ4v) is 2.44. The van der Waals surface area contributed by atoms with Crippen molar-refractivity contribution in [1.82, 2.24) is 14.7 Å². The molecular formula is C18H23FN4O2. The average Bonchev–Trinajstić information content (AvgIpc) is 2.92. The van der Waals surface area contributed by atoms with Crippen LogP contribution >= 0.6 is 0 Å². The van der Waals surface area contributed by atoms with Gasteiger partial charge in [0.2, 0.25) is 5.91 Å². The second-order valence-electron chi connectivity index (χ2n) is 6.52. The van der Waals surface area contributed by atoms with E-state index in [-0.39, 0.29) is 29.0 Å². The van der Waals surface area contributed by atoms with Crippen LogP contribution in [-0.4, -0.2) is 33.5 Å². The number of hydrogen-bond acceptors (Lipinski definition) is 3. The zero-order chi connectivity index (χ0) is 18.6. The monoisotopic (exact) mass is 346 g/mol. The van der Waals surface area contributed by atoms with Crippen LogP contribution in [-0.2, 0) is 18.4 Å². The van der Waals surface area contributed by atoms with Crippen LogP contribution in [0.5, 0.6) is 0 Å². The number of anilines is 1. The van der Waals surface area contributed by atoms with E-state index in [9.17, 15) is 14.0 Å². The Hall–Kier alpha value is -2.70. The predicted molar refractivity (Wildman–Crippen MR) is 93.5 cm³/mol. The van der Waals surface area contributed by atoms with Gasteiger partial charge in [0.15, 0.2) is 0 Å². The summed E-state index contributed by atoms with van der Waals surface area (Å²) in [5, 5.41) is 6.58. The molecule has 0 bridgehead atoms. The molecule has 0 fully saturated rings. The Morgan fingerprint density at radius 1 is 1.36 bits per heavy atom. The minimum absolute atomic E-state index is 0.0807. The summed E-state index contributed by atoms with van der Waals surface area (Å²) in [6.45, 7) is 4.20. The number of nitrogens with zero attached hydrogens (tertiary/aromatic N) is 3. The fourth-order valence-electron chi connectivity index (χ4n) is 2.44. The Bertz CT molecular complexity index is 770. The molecule has 0 saturated carbocycles. The molecule has 0 aliphatic carbocycles. The van der Waals surface area contributed by atoms with E-state index in [0.717, 1.165) is 11.6 Å². The third kappa shape index (κ3) is 5.14. The highest BCUT2D eigenvalue weighted by atomic mass is 19.1. The van der Waals surface area contributed by atoms with Crippen LogP contribution in [0.15, 0.2) is 30.6 Å². The lowest BCUT2D eigenvalue weighted by Gasteiger charge is -2.17. The highest BCUT2D eigenvalue weighted by Gasteiger charge is 2.16. The van der Waals surface area contributed by atoms with Crippen molar-refractivity contribution in [3.05, 3.63) is 47.5 Å². The fraction of sp³-hybridized carbons (Fsp3) is 0.389. The zero-order valence-corrected chi connectivity index (χ0v) is 14.9. The van der Waals surface area contributed by atoms with E-state index >= 15 is 0 Å². The van der Waals surface area contributed by atoms with Crippen molar-refractivity contribution in [2.24, 2.45) is 13.0 Å². The van der Waals surface area contributed by atoms with Gasteiger partial charge < -0.3 is 10.2 Å². The molecule has 1 aromatic heterocycles. The number of aryl methyl sites for hydroxylation is 1. The normalized spacial score (nSPS) is 10.8. The number of aromatic nitrogens is 2. The molecule has 0 saturated heterocycles. The highest BCUT2D eigenvalue weighted by Crippen LogP contribution is 2.18. The van der Waals surface area contributed by atoms with Gasteiger partial charge in [-0.25, -0.2) is 4.39 Å². The Labute approximate surface area is 146 Å². The van der Waals surface area contributed by atoms with Crippen LogP contribution in [0.2, 0.25) is 0 Å². The number of nitrogens with one attached hydrogen (secondary N) is 1. The van der Waals surface area contributed by atoms with Crippen molar-refractivity contribution < 1.29 is 14.0 Å². The number of carbonyl (C=O) groups is 2. The largest absolute Gasteiger partial charge is 0.337 e. The number of benzene rings is 1. The first kappa shape index (κ1) is 18.6. The van der Waals surface area contributed by atoms with Gasteiger partial charge in [0.25, 0.3) is 5.91 Å². The van der Waals surface area contributed by atoms with Gasteiger partial charge in [-0.15, -0.1) is 0 Å². The quantitative estimate of drug-likeness (QED) is 0.874. The Kier molecular flexibility index (Phi) is 5.90. The van der Waals surface area contributed by atoms with Gasteiger partial charge in [0, 0.05) is 44.4 Å². The standard InChI is InChI=1S/C18H23FN4O2/c1-12(2)7-17(24)21-16-6-5-14(8-15(16)19)18(25)22(3)10-13-9-20-23(4)11-13/h5-6,8-9,11-12H,7,10H2,1-4H3,(H,21,24). The first-order valence-corrected chi connectivity index (χ1v) is 8.08. The number of hydrogen-bond donors (Lipinski definition) is 1. The Morgan fingerprint density at radius 3 is 2.64 bits per heavy atom. The van der Waals surface area contributed by atoms with E-state index in [0.29, 0.717) is 13.0 Å². The molecule has 0 aliphatic heterocycles. The Balaban J connectivity index is 2.05. The minimum atomic E-state index is -0.627. The summed E-state index contributed by atoms with van der Waals surface area (Å²) in [5.41, 5.74) is 1.19. The molecule has 25 heavy (non-hydrogen) atoms. The summed E-state index contributed by atoms with van der Waals surface area (Å²) in [7, 11) is 3.44. The Morgan fingerprint density at radius 2 is 2.08 bits per heavy atom. The first-order chi connectivity index (χ1) is 11.8. The molecule has 134 valence electrons. The smallest absolute Gasteiger partial charge is 0.254 e. The topological polar surface area (TPSA) is 67.2 Å². The molecular weight excluding hydrogens is 323 g/mol. The molecule has 1 heterocycles. The van der Waals surface area contributed by atoms with Crippen molar-refractivity contribution >= 4 is 17.5 Å². The summed E-state index contributed by atoms with van der Waals surface area (Å²) in [6, 6.07) is 4.07. The summed E-state index contributed by atoms with van der Waals surface area (Å²) < 4.78 is 15.9. The molecule has 0 aliphatic rings. The molecule has 2 aromatic rings. The van der Waals surface area contributed by atoms with Gasteiger partial charge in [-0.1, -0.05) is 13.8 Å². The summed E-state index contributed by atoms with van der Waals surface area (Å²) in [4.78, 5) is 25.7. The number of amides is 2. The minimum Gasteiger partial charge on any atom is -0.337 e. The molecule has 1 aromatic carbocycles. The van der Waals surface area contributed by atoms with E-state index < -0.39 is 5.82 Å². The van der Waals surface area contributed by atoms with Crippen molar-refractivity contribution in [3.8, 4) is 0 Å². The third-order valence-electron chi connectivity index (χ3n) is 3.61. The molecule has 0 atom stereocenters. The van der Waals surface area contributed by atoms with E-state index in [4.69, 9.17) is 0 Å². The van der Waals surface area contributed by atoms with Crippen LogP contribution < -0.4 is 5.32 Å². The third-order valence-corrected chi connectivity index (χ3v) is 3.61. The summed E-state index contributed by atoms with van der Waals surface area (Å²) in [5.74, 6) is -0.993. The molecule has 0 radical (unpaired) electrons. The number of halogens is 1. The maximum absolute atomic E-state index is 14.2. The molecule has 6 nitrogen and oxygen atoms in total. The van der Waals surface area contributed by atoms with Gasteiger partial charge in [0.05, 0.1) is 11.9 Å². The van der Waals surface area contributed by atoms with E-state index in [2.05, 4.69) is 10.4 Å². The zero-order valence-electron chi connectivity index (χ0n) is 14.9. The van der Waals surface area contributed by atoms with Crippen LogP contribution in [0.4, 0.5) is 10.1 Å². The van der Waals surface area contributed by atoms with Gasteiger partial charge in [-0.3, -0.25) is 14.3 Å². The van der Waals surface area contributed by atoms with E-state index in [1.165, 1.54) is 17.0 Å².